The van der Waals surface area contributed by atoms with E-state index in [4.69, 9.17) is 0 Å². The first kappa shape index (κ1) is 23.5. The number of thioether (sulfide) groups is 1. The standard InChI is InChI=1S/C23H27N5O3S2/c1-3-24-21-19-8-4-5-9-20(19)26-23(27-21)32-16(2)22(29)25-17-10-12-18(13-11-17)33(30,31)28-14-6-7-15-28/h4-5,8-13,16H,3,6-7,14-15H2,1-2H3,(H,25,29)(H,24,26,27). The number of carbonyl (C=O) groups excluding carboxylic acids is 1. The minimum absolute atomic E-state index is 0.211. The maximum absolute atomic E-state index is 12.8. The second-order valence-corrected chi connectivity index (χ2v) is 11.0. The van der Waals surface area contributed by atoms with Crippen LogP contribution in [0.5, 0.6) is 0 Å². The predicted molar refractivity (Wildman–Crippen MR) is 132 cm³/mol. The van der Waals surface area contributed by atoms with E-state index in [1.54, 1.807) is 19.1 Å². The van der Waals surface area contributed by atoms with Crippen LogP contribution in [-0.4, -0.2) is 53.5 Å². The number of sulfonamides is 1. The topological polar surface area (TPSA) is 104 Å². The molecule has 1 aliphatic heterocycles. The molecule has 0 radical (unpaired) electrons. The molecule has 0 aliphatic carbocycles. The molecule has 1 aromatic heterocycles. The molecule has 1 atom stereocenters. The van der Waals surface area contributed by atoms with Crippen molar-refractivity contribution in [1.29, 1.82) is 0 Å². The van der Waals surface area contributed by atoms with E-state index in [9.17, 15) is 13.2 Å². The Balaban J connectivity index is 1.44. The zero-order valence-corrected chi connectivity index (χ0v) is 20.2. The first-order chi connectivity index (χ1) is 15.9. The Labute approximate surface area is 198 Å². The summed E-state index contributed by atoms with van der Waals surface area (Å²) in [4.78, 5) is 22.2. The molecule has 0 bridgehead atoms. The van der Waals surface area contributed by atoms with E-state index in [0.717, 1.165) is 36.1 Å². The lowest BCUT2D eigenvalue weighted by atomic mass is 10.2. The van der Waals surface area contributed by atoms with Gasteiger partial charge in [-0.1, -0.05) is 23.9 Å². The number of nitrogens with zero attached hydrogens (tertiary/aromatic N) is 3. The number of anilines is 2. The molecule has 33 heavy (non-hydrogen) atoms. The Hall–Kier alpha value is -2.69. The maximum Gasteiger partial charge on any atom is 0.243 e. The van der Waals surface area contributed by atoms with Crippen LogP contribution in [-0.2, 0) is 14.8 Å². The van der Waals surface area contributed by atoms with Crippen molar-refractivity contribution in [3.05, 3.63) is 48.5 Å². The third-order valence-electron chi connectivity index (χ3n) is 5.40. The third kappa shape index (κ3) is 5.29. The average Bonchev–Trinajstić information content (AvgIpc) is 3.36. The molecule has 1 fully saturated rings. The lowest BCUT2D eigenvalue weighted by Crippen LogP contribution is -2.27. The van der Waals surface area contributed by atoms with Crippen molar-refractivity contribution < 1.29 is 13.2 Å². The maximum atomic E-state index is 12.8. The molecule has 2 N–H and O–H groups in total. The first-order valence-electron chi connectivity index (χ1n) is 11.0. The monoisotopic (exact) mass is 485 g/mol. The smallest absolute Gasteiger partial charge is 0.243 e. The van der Waals surface area contributed by atoms with E-state index >= 15 is 0 Å². The molecule has 1 unspecified atom stereocenters. The Morgan fingerprint density at radius 3 is 2.48 bits per heavy atom. The number of rotatable bonds is 8. The zero-order chi connectivity index (χ0) is 23.4. The average molecular weight is 486 g/mol. The minimum atomic E-state index is -3.47. The second-order valence-electron chi connectivity index (χ2n) is 7.79. The van der Waals surface area contributed by atoms with Gasteiger partial charge in [0.15, 0.2) is 5.16 Å². The Morgan fingerprint density at radius 1 is 1.09 bits per heavy atom. The van der Waals surface area contributed by atoms with Gasteiger partial charge in [0.1, 0.15) is 5.82 Å². The zero-order valence-electron chi connectivity index (χ0n) is 18.6. The van der Waals surface area contributed by atoms with Gasteiger partial charge >= 0.3 is 0 Å². The van der Waals surface area contributed by atoms with E-state index in [1.807, 2.05) is 31.2 Å². The van der Waals surface area contributed by atoms with E-state index in [1.165, 1.54) is 28.2 Å². The van der Waals surface area contributed by atoms with Crippen LogP contribution in [0, 0.1) is 0 Å². The molecule has 2 aromatic carbocycles. The summed E-state index contributed by atoms with van der Waals surface area (Å²) >= 11 is 1.27. The number of carbonyl (C=O) groups is 1. The van der Waals surface area contributed by atoms with Crippen LogP contribution in [0.3, 0.4) is 0 Å². The fraction of sp³-hybridized carbons (Fsp3) is 0.348. The normalized spacial score (nSPS) is 15.5. The summed E-state index contributed by atoms with van der Waals surface area (Å²) in [5, 5.41) is 7.10. The number of para-hydroxylation sites is 1. The highest BCUT2D eigenvalue weighted by atomic mass is 32.2. The van der Waals surface area contributed by atoms with Gasteiger partial charge in [0.25, 0.3) is 0 Å². The minimum Gasteiger partial charge on any atom is -0.370 e. The fourth-order valence-electron chi connectivity index (χ4n) is 3.65. The van der Waals surface area contributed by atoms with Crippen molar-refractivity contribution in [1.82, 2.24) is 14.3 Å². The molecule has 2 heterocycles. The van der Waals surface area contributed by atoms with Crippen LogP contribution < -0.4 is 10.6 Å². The number of hydrogen-bond donors (Lipinski definition) is 2. The lowest BCUT2D eigenvalue weighted by molar-refractivity contribution is -0.115. The number of benzene rings is 2. The van der Waals surface area contributed by atoms with Crippen molar-refractivity contribution in [3.63, 3.8) is 0 Å². The molecule has 10 heteroatoms. The number of fused-ring (bicyclic) bond motifs is 1. The second kappa shape index (κ2) is 10.1. The first-order valence-corrected chi connectivity index (χ1v) is 13.3. The van der Waals surface area contributed by atoms with Gasteiger partial charge in [-0.25, -0.2) is 18.4 Å². The van der Waals surface area contributed by atoms with Crippen LogP contribution in [0.25, 0.3) is 10.9 Å². The summed E-state index contributed by atoms with van der Waals surface area (Å²) < 4.78 is 26.8. The summed E-state index contributed by atoms with van der Waals surface area (Å²) in [7, 11) is -3.47. The molecule has 1 amide bonds. The van der Waals surface area contributed by atoms with Gasteiger partial charge in [0, 0.05) is 30.7 Å². The van der Waals surface area contributed by atoms with Crippen molar-refractivity contribution >= 4 is 50.1 Å². The van der Waals surface area contributed by atoms with Crippen molar-refractivity contribution in [2.75, 3.05) is 30.3 Å². The van der Waals surface area contributed by atoms with Crippen molar-refractivity contribution in [3.8, 4) is 0 Å². The Kier molecular flexibility index (Phi) is 7.16. The van der Waals surface area contributed by atoms with Crippen LogP contribution in [0.1, 0.15) is 26.7 Å². The van der Waals surface area contributed by atoms with E-state index in [0.29, 0.717) is 23.9 Å². The summed E-state index contributed by atoms with van der Waals surface area (Å²) in [6.45, 7) is 5.63. The largest absolute Gasteiger partial charge is 0.370 e. The molecule has 8 nitrogen and oxygen atoms in total. The van der Waals surface area contributed by atoms with Gasteiger partial charge in [-0.15, -0.1) is 0 Å². The Morgan fingerprint density at radius 2 is 1.79 bits per heavy atom. The highest BCUT2D eigenvalue weighted by molar-refractivity contribution is 8.00. The molecule has 0 spiro atoms. The van der Waals surface area contributed by atoms with Crippen LogP contribution >= 0.6 is 11.8 Å². The van der Waals surface area contributed by atoms with Crippen molar-refractivity contribution in [2.45, 2.75) is 42.0 Å². The summed E-state index contributed by atoms with van der Waals surface area (Å²) in [6.07, 6.45) is 1.78. The number of nitrogens with one attached hydrogen (secondary N) is 2. The van der Waals surface area contributed by atoms with Gasteiger partial charge in [-0.2, -0.15) is 4.31 Å². The summed E-state index contributed by atoms with van der Waals surface area (Å²) in [5.41, 5.74) is 1.36. The van der Waals surface area contributed by atoms with Gasteiger partial charge in [0.2, 0.25) is 15.9 Å². The predicted octanol–water partition coefficient (Wildman–Crippen LogP) is 3.97. The van der Waals surface area contributed by atoms with E-state index in [-0.39, 0.29) is 10.8 Å². The number of aromatic nitrogens is 2. The van der Waals surface area contributed by atoms with Gasteiger partial charge in [-0.3, -0.25) is 4.79 Å². The van der Waals surface area contributed by atoms with Crippen LogP contribution in [0.2, 0.25) is 0 Å². The molecule has 4 rings (SSSR count). The van der Waals surface area contributed by atoms with Crippen molar-refractivity contribution in [2.24, 2.45) is 0 Å². The van der Waals surface area contributed by atoms with Crippen LogP contribution in [0.4, 0.5) is 11.5 Å². The molecule has 174 valence electrons. The highest BCUT2D eigenvalue weighted by Crippen LogP contribution is 2.28. The Bertz CT molecular complexity index is 1240. The third-order valence-corrected chi connectivity index (χ3v) is 8.28. The number of hydrogen-bond acceptors (Lipinski definition) is 7. The summed E-state index contributed by atoms with van der Waals surface area (Å²) in [5.74, 6) is 0.532. The van der Waals surface area contributed by atoms with E-state index in [2.05, 4.69) is 20.6 Å². The molecular weight excluding hydrogens is 458 g/mol. The van der Waals surface area contributed by atoms with Gasteiger partial charge in [-0.05, 0) is 63.1 Å². The van der Waals surface area contributed by atoms with Gasteiger partial charge in [0.05, 0.1) is 15.7 Å². The van der Waals surface area contributed by atoms with Gasteiger partial charge < -0.3 is 10.6 Å². The number of amides is 1. The highest BCUT2D eigenvalue weighted by Gasteiger charge is 2.27. The molecule has 1 aliphatic rings. The summed E-state index contributed by atoms with van der Waals surface area (Å²) in [6, 6.07) is 14.1. The molecule has 1 saturated heterocycles. The fourth-order valence-corrected chi connectivity index (χ4v) is 5.95. The molecule has 0 saturated carbocycles. The quantitative estimate of drug-likeness (QED) is 0.367. The van der Waals surface area contributed by atoms with Crippen LogP contribution in [0.15, 0.2) is 58.6 Å². The lowest BCUT2D eigenvalue weighted by Gasteiger charge is -2.16. The SMILES string of the molecule is CCNc1nc(SC(C)C(=O)Nc2ccc(S(=O)(=O)N3CCCC3)cc2)nc2ccccc12. The van der Waals surface area contributed by atoms with E-state index < -0.39 is 15.3 Å². The molecular formula is C23H27N5O3S2. The molecule has 3 aromatic rings.